The highest BCUT2D eigenvalue weighted by Crippen LogP contribution is 2.33. The zero-order valence-corrected chi connectivity index (χ0v) is 58.8. The minimum absolute atomic E-state index is 0.0577. The lowest BCUT2D eigenvalue weighted by Gasteiger charge is -2.20. The Balaban J connectivity index is 0.698. The fourth-order valence-electron chi connectivity index (χ4n) is 12.8. The zero-order chi connectivity index (χ0) is 73.5. The minimum atomic E-state index is -0.684. The van der Waals surface area contributed by atoms with Gasteiger partial charge in [-0.1, -0.05) is 42.5 Å². The van der Waals surface area contributed by atoms with Crippen molar-refractivity contribution in [2.24, 2.45) is 0 Å². The number of halogens is 1. The number of benzene rings is 2. The molecule has 30 heteroatoms. The van der Waals surface area contributed by atoms with Gasteiger partial charge in [-0.25, -0.2) is 39.3 Å². The molecular weight excluding hydrogens is 1360 g/mol. The highest BCUT2D eigenvalue weighted by atomic mass is 19.1. The molecule has 29 nitrogen and oxygen atoms in total. The molecule has 0 saturated carbocycles. The van der Waals surface area contributed by atoms with Crippen molar-refractivity contribution in [3.05, 3.63) is 253 Å². The van der Waals surface area contributed by atoms with Crippen LogP contribution in [0.5, 0.6) is 0 Å². The van der Waals surface area contributed by atoms with Crippen molar-refractivity contribution in [1.82, 2.24) is 103 Å². The molecule has 0 saturated heterocycles. The van der Waals surface area contributed by atoms with Crippen LogP contribution >= 0.6 is 0 Å². The number of imidazole rings is 2. The molecule has 0 aliphatic carbocycles. The van der Waals surface area contributed by atoms with E-state index in [1.54, 1.807) is 117 Å². The van der Waals surface area contributed by atoms with Crippen LogP contribution < -0.4 is 16.0 Å². The summed E-state index contributed by atoms with van der Waals surface area (Å²) in [4.78, 5) is 83.8. The van der Waals surface area contributed by atoms with E-state index in [0.29, 0.717) is 120 Å². The van der Waals surface area contributed by atoms with Gasteiger partial charge in [-0.2, -0.15) is 0 Å². The Hall–Kier alpha value is -13.4. The summed E-state index contributed by atoms with van der Waals surface area (Å²) in [5.74, 6) is -0.507. The molecule has 536 valence electrons. The van der Waals surface area contributed by atoms with Crippen molar-refractivity contribution >= 4 is 68.1 Å². The highest BCUT2D eigenvalue weighted by molar-refractivity contribution is 6.07. The topological polar surface area (TPSA) is 329 Å². The van der Waals surface area contributed by atoms with Crippen LogP contribution in [-0.4, -0.2) is 134 Å². The van der Waals surface area contributed by atoms with Gasteiger partial charge in [0.25, 0.3) is 17.7 Å². The molecule has 15 rings (SSSR count). The normalized spacial score (nSPS) is 12.5. The summed E-state index contributed by atoms with van der Waals surface area (Å²) in [5, 5.41) is 36.2. The quantitative estimate of drug-likeness (QED) is 0.0384. The molecule has 3 atom stereocenters. The smallest absolute Gasteiger partial charge is 0.275 e. The standard InChI is InChI=1S/C77H71FN24O5/c1-47(2)100-44-85-96-74(100)71-56(14-15-69(90-71)92-76(104)61-36-66-63(38-81-61)83-42-98(66)26-28-106-41-52-18-23-80-24-19-52)31-49(4)102-46-87-95-73(102)60-32-53(33-70(89-60)93-77(105)62-37-67-64(39-82-62)84-43-99(67)27-29-107-50(5)54-10-7-6-8-11-54)30-48(3)101-45-86-94-72(101)59-12-9-13-68(88-59)91-75(103)57-35-65-55(34-58(57)78)20-25-97(65)40-51-16-21-79-22-17-51/h6-25,32-39,42-50H,26-31,40-41H2,1-5H3,(H,88,91,103)(H,89,93,105)(H,90,92,104). The van der Waals surface area contributed by atoms with Gasteiger partial charge in [-0.3, -0.25) is 24.4 Å². The molecule has 0 fully saturated rings. The lowest BCUT2D eigenvalue weighted by molar-refractivity contribution is 0.0604. The maximum atomic E-state index is 15.7. The Bertz CT molecular complexity index is 5700. The van der Waals surface area contributed by atoms with Gasteiger partial charge in [0.2, 0.25) is 0 Å². The molecule has 0 bridgehead atoms. The maximum Gasteiger partial charge on any atom is 0.275 e. The monoisotopic (exact) mass is 1430 g/mol. The Labute approximate surface area is 611 Å². The number of carbonyl (C=O) groups excluding carboxylic acids is 3. The molecule has 13 aromatic heterocycles. The molecule has 3 amide bonds. The largest absolute Gasteiger partial charge is 0.375 e. The number of nitrogens with one attached hydrogen (secondary N) is 3. The molecule has 0 aliphatic heterocycles. The van der Waals surface area contributed by atoms with Crippen molar-refractivity contribution in [3.8, 4) is 34.6 Å². The van der Waals surface area contributed by atoms with E-state index < -0.39 is 23.5 Å². The summed E-state index contributed by atoms with van der Waals surface area (Å²) in [6.45, 7) is 12.7. The summed E-state index contributed by atoms with van der Waals surface area (Å²) in [5.41, 5.74) is 9.26. The van der Waals surface area contributed by atoms with Gasteiger partial charge < -0.3 is 52.8 Å². The average Bonchev–Trinajstić information content (AvgIpc) is 1.68. The van der Waals surface area contributed by atoms with Gasteiger partial charge in [0.05, 0.1) is 67.6 Å². The van der Waals surface area contributed by atoms with Gasteiger partial charge in [0.1, 0.15) is 81.8 Å². The van der Waals surface area contributed by atoms with E-state index >= 15 is 4.39 Å². The van der Waals surface area contributed by atoms with Gasteiger partial charge in [0, 0.05) is 79.6 Å². The first-order valence-corrected chi connectivity index (χ1v) is 34.7. The van der Waals surface area contributed by atoms with Gasteiger partial charge in [-0.15, -0.1) is 30.6 Å². The molecule has 13 heterocycles. The van der Waals surface area contributed by atoms with Crippen LogP contribution in [-0.2, 0) is 48.6 Å². The number of fused-ring (bicyclic) bond motifs is 3. The molecule has 2 aromatic carbocycles. The molecule has 0 aliphatic rings. The number of nitrogens with zero attached hydrogens (tertiary/aromatic N) is 21. The van der Waals surface area contributed by atoms with E-state index in [1.807, 2.05) is 141 Å². The summed E-state index contributed by atoms with van der Waals surface area (Å²) >= 11 is 0. The van der Waals surface area contributed by atoms with E-state index in [0.717, 1.165) is 27.8 Å². The number of hydrogen-bond acceptors (Lipinski definition) is 20. The lowest BCUT2D eigenvalue weighted by atomic mass is 10.0. The van der Waals surface area contributed by atoms with Crippen molar-refractivity contribution < 1.29 is 28.2 Å². The number of carbonyl (C=O) groups is 3. The third kappa shape index (κ3) is 15.5. The summed E-state index contributed by atoms with van der Waals surface area (Å²) in [7, 11) is 0. The third-order valence-corrected chi connectivity index (χ3v) is 18.4. The summed E-state index contributed by atoms with van der Waals surface area (Å²) in [6.07, 6.45) is 20.7. The highest BCUT2D eigenvalue weighted by Gasteiger charge is 2.26. The number of pyridine rings is 7. The molecule has 3 unspecified atom stereocenters. The average molecular weight is 1430 g/mol. The Morgan fingerprint density at radius 3 is 1.80 bits per heavy atom. The number of amides is 3. The van der Waals surface area contributed by atoms with Crippen LogP contribution in [0, 0.1) is 5.82 Å². The van der Waals surface area contributed by atoms with Gasteiger partial charge >= 0.3 is 0 Å². The van der Waals surface area contributed by atoms with Crippen LogP contribution in [0.1, 0.15) is 118 Å². The number of rotatable bonds is 28. The maximum absolute atomic E-state index is 15.7. The van der Waals surface area contributed by atoms with E-state index in [2.05, 4.69) is 76.4 Å². The predicted molar refractivity (Wildman–Crippen MR) is 396 cm³/mol. The second-order valence-electron chi connectivity index (χ2n) is 26.1. The van der Waals surface area contributed by atoms with Gasteiger partial charge in [0.15, 0.2) is 17.5 Å². The first-order chi connectivity index (χ1) is 52.2. The zero-order valence-electron chi connectivity index (χ0n) is 58.8. The number of ether oxygens (including phenoxy) is 2. The van der Waals surface area contributed by atoms with Crippen molar-refractivity contribution in [1.29, 1.82) is 0 Å². The fraction of sp³-hybridized carbons (Fsp3) is 0.221. The molecular formula is C77H71FN24O5. The Morgan fingerprint density at radius 2 is 1.11 bits per heavy atom. The molecule has 0 spiro atoms. The summed E-state index contributed by atoms with van der Waals surface area (Å²) in [6, 6.07) is 37.3. The SMILES string of the molecule is CC(OCCn1cnc2cnc(C(=O)Nc3cc(CC(C)n4cnnc4-c4cccc(NC(=O)c5cc6c(ccn6Cc6ccncc6)cc5F)n4)cc(-c4nncn4C(C)Cc4ccc(NC(=O)c5cc6c(cn5)ncn6CCOCc5ccncc5)nc4-c4nncn4C(C)C)n3)cc21)c1ccccc1. The lowest BCUT2D eigenvalue weighted by Crippen LogP contribution is -2.17. The summed E-state index contributed by atoms with van der Waals surface area (Å²) < 4.78 is 39.4. The number of aromatic nitrogens is 21. The van der Waals surface area contributed by atoms with E-state index in [4.69, 9.17) is 24.4 Å². The minimum Gasteiger partial charge on any atom is -0.375 e. The van der Waals surface area contributed by atoms with Crippen molar-refractivity contribution in [2.75, 3.05) is 29.2 Å². The first kappa shape index (κ1) is 69.4. The van der Waals surface area contributed by atoms with Crippen LogP contribution in [0.2, 0.25) is 0 Å². The van der Waals surface area contributed by atoms with Crippen LogP contribution in [0.3, 0.4) is 0 Å². The first-order valence-electron chi connectivity index (χ1n) is 34.7. The fourth-order valence-corrected chi connectivity index (χ4v) is 12.8. The van der Waals surface area contributed by atoms with Crippen molar-refractivity contribution in [3.63, 3.8) is 0 Å². The molecule has 0 radical (unpaired) electrons. The third-order valence-electron chi connectivity index (χ3n) is 18.4. The number of hydrogen-bond donors (Lipinski definition) is 3. The molecule has 3 N–H and O–H groups in total. The van der Waals surface area contributed by atoms with E-state index in [9.17, 15) is 14.4 Å². The van der Waals surface area contributed by atoms with Crippen LogP contribution in [0.4, 0.5) is 21.8 Å². The van der Waals surface area contributed by atoms with E-state index in [-0.39, 0.29) is 58.6 Å². The second-order valence-corrected chi connectivity index (χ2v) is 26.1. The number of anilines is 3. The Kier molecular flexibility index (Phi) is 20.0. The Morgan fingerprint density at radius 1 is 0.505 bits per heavy atom. The predicted octanol–water partition coefficient (Wildman–Crippen LogP) is 12.0. The second kappa shape index (κ2) is 30.9. The van der Waals surface area contributed by atoms with Crippen LogP contribution in [0.25, 0.3) is 67.5 Å². The molecule has 107 heavy (non-hydrogen) atoms. The van der Waals surface area contributed by atoms with Gasteiger partial charge in [-0.05, 0) is 160 Å². The van der Waals surface area contributed by atoms with Crippen LogP contribution in [0.15, 0.2) is 202 Å². The van der Waals surface area contributed by atoms with E-state index in [1.165, 1.54) is 6.07 Å². The molecule has 15 aromatic rings. The van der Waals surface area contributed by atoms with Crippen molar-refractivity contribution in [2.45, 2.75) is 97.9 Å².